The number of halogens is 1. The van der Waals surface area contributed by atoms with Gasteiger partial charge in [0.05, 0.1) is 4.92 Å². The molecule has 0 radical (unpaired) electrons. The lowest BCUT2D eigenvalue weighted by molar-refractivity contribution is -0.384. The van der Waals surface area contributed by atoms with Gasteiger partial charge < -0.3 is 26.0 Å². The molecular formula is C23H21ClN4O6. The molecule has 4 rings (SSSR count). The highest BCUT2D eigenvalue weighted by atomic mass is 35.5. The van der Waals surface area contributed by atoms with Gasteiger partial charge in [0.2, 0.25) is 5.82 Å². The summed E-state index contributed by atoms with van der Waals surface area (Å²) in [5.41, 5.74) is 9.00. The number of aliphatic hydroxyl groups is 2. The van der Waals surface area contributed by atoms with E-state index in [1.807, 2.05) is 48.5 Å². The van der Waals surface area contributed by atoms with Crippen LogP contribution in [0.4, 0.5) is 16.3 Å². The lowest BCUT2D eigenvalue weighted by Gasteiger charge is -2.20. The van der Waals surface area contributed by atoms with Crippen molar-refractivity contribution in [1.82, 2.24) is 10.3 Å². The number of anilines is 1. The standard InChI is InChI=1S/C23H21ClN4O6/c24-21-16(9-18(28(32)33)22(25)27-21)20(30)19(29)10-26-23(31)34-11-17-14-7-3-1-5-12(14)13-6-2-4-8-15(13)17/h1-9,17,19-20,29-30H,10-11H2,(H2,25,27)(H,26,31). The molecule has 0 saturated carbocycles. The van der Waals surface area contributed by atoms with Gasteiger partial charge in [0.15, 0.2) is 0 Å². The van der Waals surface area contributed by atoms with Crippen LogP contribution in [0.5, 0.6) is 0 Å². The van der Waals surface area contributed by atoms with Crippen LogP contribution in [0.25, 0.3) is 11.1 Å². The molecule has 11 heteroatoms. The molecule has 2 unspecified atom stereocenters. The molecule has 1 amide bonds. The Morgan fingerprint density at radius 2 is 1.76 bits per heavy atom. The van der Waals surface area contributed by atoms with Crippen molar-refractivity contribution < 1.29 is 24.7 Å². The number of nitrogens with one attached hydrogen (secondary N) is 1. The molecule has 1 aliphatic rings. The number of aliphatic hydroxyl groups excluding tert-OH is 2. The lowest BCUT2D eigenvalue weighted by atomic mass is 9.98. The highest BCUT2D eigenvalue weighted by molar-refractivity contribution is 6.30. The second-order valence-electron chi connectivity index (χ2n) is 7.75. The molecule has 3 aromatic rings. The van der Waals surface area contributed by atoms with E-state index in [4.69, 9.17) is 22.1 Å². The SMILES string of the molecule is Nc1nc(Cl)c(C(O)C(O)CNC(=O)OCC2c3ccccc3-c3ccccc32)cc1[N+](=O)[O-]. The number of nitrogens with two attached hydrogens (primary N) is 1. The summed E-state index contributed by atoms with van der Waals surface area (Å²) in [5.74, 6) is -0.550. The van der Waals surface area contributed by atoms with Gasteiger partial charge in [-0.15, -0.1) is 0 Å². The van der Waals surface area contributed by atoms with Crippen molar-refractivity contribution >= 4 is 29.2 Å². The number of hydrogen-bond acceptors (Lipinski definition) is 8. The summed E-state index contributed by atoms with van der Waals surface area (Å²) in [6.45, 7) is -0.315. The maximum Gasteiger partial charge on any atom is 0.407 e. The summed E-state index contributed by atoms with van der Waals surface area (Å²) >= 11 is 5.92. The molecule has 1 aliphatic carbocycles. The third-order valence-electron chi connectivity index (χ3n) is 5.69. The number of hydrogen-bond donors (Lipinski definition) is 4. The van der Waals surface area contributed by atoms with Crippen LogP contribution in [-0.4, -0.2) is 45.5 Å². The first-order chi connectivity index (χ1) is 16.3. The average molecular weight is 485 g/mol. The highest BCUT2D eigenvalue weighted by Crippen LogP contribution is 2.44. The van der Waals surface area contributed by atoms with Gasteiger partial charge >= 0.3 is 11.8 Å². The summed E-state index contributed by atoms with van der Waals surface area (Å²) in [7, 11) is 0. The van der Waals surface area contributed by atoms with Gasteiger partial charge in [0.25, 0.3) is 0 Å². The Bertz CT molecular complexity index is 1210. The van der Waals surface area contributed by atoms with Gasteiger partial charge in [-0.2, -0.15) is 0 Å². The first-order valence-electron chi connectivity index (χ1n) is 10.3. The van der Waals surface area contributed by atoms with Gasteiger partial charge in [-0.05, 0) is 22.3 Å². The van der Waals surface area contributed by atoms with E-state index < -0.39 is 41.3 Å². The molecule has 1 heterocycles. The van der Waals surface area contributed by atoms with E-state index in [-0.39, 0.29) is 23.2 Å². The third-order valence-corrected chi connectivity index (χ3v) is 5.99. The van der Waals surface area contributed by atoms with E-state index >= 15 is 0 Å². The number of carbonyl (C=O) groups excluding carboxylic acids is 1. The Hall–Kier alpha value is -3.73. The van der Waals surface area contributed by atoms with Gasteiger partial charge in [-0.25, -0.2) is 9.78 Å². The van der Waals surface area contributed by atoms with Crippen LogP contribution in [0.1, 0.15) is 28.7 Å². The molecule has 0 spiro atoms. The zero-order chi connectivity index (χ0) is 24.4. The summed E-state index contributed by atoms with van der Waals surface area (Å²) < 4.78 is 5.38. The molecule has 10 nitrogen and oxygen atoms in total. The number of ether oxygens (including phenoxy) is 1. The topological polar surface area (TPSA) is 161 Å². The number of alkyl carbamates (subject to hydrolysis) is 1. The van der Waals surface area contributed by atoms with Crippen LogP contribution in [0.15, 0.2) is 54.6 Å². The minimum atomic E-state index is -1.66. The van der Waals surface area contributed by atoms with Crippen LogP contribution in [-0.2, 0) is 4.74 Å². The van der Waals surface area contributed by atoms with E-state index in [1.54, 1.807) is 0 Å². The van der Waals surface area contributed by atoms with Crippen molar-refractivity contribution in [2.24, 2.45) is 0 Å². The number of nitrogens with zero attached hydrogens (tertiary/aromatic N) is 2. The number of aromatic nitrogens is 1. The molecule has 176 valence electrons. The van der Waals surface area contributed by atoms with Crippen molar-refractivity contribution in [1.29, 1.82) is 0 Å². The second-order valence-corrected chi connectivity index (χ2v) is 8.11. The fourth-order valence-corrected chi connectivity index (χ4v) is 4.28. The summed E-state index contributed by atoms with van der Waals surface area (Å²) in [4.78, 5) is 26.2. The zero-order valence-electron chi connectivity index (χ0n) is 17.7. The molecule has 34 heavy (non-hydrogen) atoms. The minimum absolute atomic E-state index is 0.0818. The Labute approximate surface area is 199 Å². The largest absolute Gasteiger partial charge is 0.449 e. The van der Waals surface area contributed by atoms with Crippen LogP contribution >= 0.6 is 11.6 Å². The molecule has 2 atom stereocenters. The third kappa shape index (κ3) is 4.51. The smallest absolute Gasteiger partial charge is 0.407 e. The highest BCUT2D eigenvalue weighted by Gasteiger charge is 2.30. The Balaban J connectivity index is 1.37. The molecule has 0 bridgehead atoms. The number of nitro groups is 1. The Kier molecular flexibility index (Phi) is 6.64. The van der Waals surface area contributed by atoms with E-state index in [1.165, 1.54) is 0 Å². The van der Waals surface area contributed by atoms with Gasteiger partial charge in [-0.1, -0.05) is 60.1 Å². The summed E-state index contributed by atoms with van der Waals surface area (Å²) in [5, 5.41) is 33.8. The van der Waals surface area contributed by atoms with Gasteiger partial charge in [0.1, 0.15) is 24.0 Å². The molecule has 5 N–H and O–H groups in total. The lowest BCUT2D eigenvalue weighted by Crippen LogP contribution is -2.36. The number of pyridine rings is 1. The van der Waals surface area contributed by atoms with Crippen LogP contribution in [0.3, 0.4) is 0 Å². The van der Waals surface area contributed by atoms with E-state index in [0.29, 0.717) is 0 Å². The quantitative estimate of drug-likeness (QED) is 0.226. The first-order valence-corrected chi connectivity index (χ1v) is 10.7. The number of carbonyl (C=O) groups is 1. The van der Waals surface area contributed by atoms with Crippen LogP contribution in [0.2, 0.25) is 5.15 Å². The van der Waals surface area contributed by atoms with E-state index in [9.17, 15) is 25.1 Å². The van der Waals surface area contributed by atoms with Crippen molar-refractivity contribution in [2.75, 3.05) is 18.9 Å². The van der Waals surface area contributed by atoms with Gasteiger partial charge in [0, 0.05) is 24.1 Å². The Morgan fingerprint density at radius 1 is 1.18 bits per heavy atom. The van der Waals surface area contributed by atoms with Crippen molar-refractivity contribution in [3.8, 4) is 11.1 Å². The summed E-state index contributed by atoms with van der Waals surface area (Å²) in [6.07, 6.45) is -3.99. The monoisotopic (exact) mass is 484 g/mol. The molecule has 0 fully saturated rings. The number of fused-ring (bicyclic) bond motifs is 3. The number of nitrogen functional groups attached to an aromatic ring is 1. The number of benzene rings is 2. The maximum absolute atomic E-state index is 12.3. The molecule has 1 aromatic heterocycles. The van der Waals surface area contributed by atoms with Crippen LogP contribution in [0, 0.1) is 10.1 Å². The normalized spacial score (nSPS) is 14.1. The molecular weight excluding hydrogens is 464 g/mol. The Morgan fingerprint density at radius 3 is 2.35 bits per heavy atom. The zero-order valence-corrected chi connectivity index (χ0v) is 18.5. The average Bonchev–Trinajstić information content (AvgIpc) is 3.14. The maximum atomic E-state index is 12.3. The first kappa shape index (κ1) is 23.4. The fourth-order valence-electron chi connectivity index (χ4n) is 4.02. The van der Waals surface area contributed by atoms with Gasteiger partial charge in [-0.3, -0.25) is 10.1 Å². The van der Waals surface area contributed by atoms with Crippen molar-refractivity contribution in [3.05, 3.63) is 86.6 Å². The minimum Gasteiger partial charge on any atom is -0.449 e. The van der Waals surface area contributed by atoms with Crippen LogP contribution < -0.4 is 11.1 Å². The molecule has 2 aromatic carbocycles. The van der Waals surface area contributed by atoms with E-state index in [2.05, 4.69) is 10.3 Å². The summed E-state index contributed by atoms with van der Waals surface area (Å²) in [6, 6.07) is 16.7. The molecule has 0 aliphatic heterocycles. The fraction of sp³-hybridized carbons (Fsp3) is 0.217. The molecule has 0 saturated heterocycles. The second kappa shape index (κ2) is 9.64. The van der Waals surface area contributed by atoms with Crippen molar-refractivity contribution in [2.45, 2.75) is 18.1 Å². The van der Waals surface area contributed by atoms with E-state index in [0.717, 1.165) is 28.3 Å². The number of amides is 1. The predicted molar refractivity (Wildman–Crippen MR) is 124 cm³/mol. The number of rotatable bonds is 7. The van der Waals surface area contributed by atoms with Crippen molar-refractivity contribution in [3.63, 3.8) is 0 Å². The predicted octanol–water partition coefficient (Wildman–Crippen LogP) is 3.16.